The van der Waals surface area contributed by atoms with Crippen LogP contribution in [-0.4, -0.2) is 20.7 Å². The van der Waals surface area contributed by atoms with E-state index in [1.165, 1.54) is 17.7 Å². The van der Waals surface area contributed by atoms with E-state index in [0.29, 0.717) is 16.4 Å². The molecule has 0 atom stereocenters. The molecule has 1 amide bonds. The zero-order chi connectivity index (χ0) is 17.2. The summed E-state index contributed by atoms with van der Waals surface area (Å²) < 4.78 is 2.67. The maximum atomic E-state index is 12.5. The third-order valence-corrected chi connectivity index (χ3v) is 5.35. The number of nitrogens with one attached hydrogen (secondary N) is 1. The van der Waals surface area contributed by atoms with Gasteiger partial charge in [0.05, 0.1) is 21.1 Å². The van der Waals surface area contributed by atoms with E-state index >= 15 is 0 Å². The first-order valence-corrected chi connectivity index (χ1v) is 8.79. The Bertz CT molecular complexity index is 1030. The number of hydrogen-bond donors (Lipinski definition) is 1. The molecule has 4 aromatic rings. The van der Waals surface area contributed by atoms with Gasteiger partial charge in [0, 0.05) is 5.69 Å². The van der Waals surface area contributed by atoms with Gasteiger partial charge in [0.15, 0.2) is 0 Å². The van der Waals surface area contributed by atoms with Crippen LogP contribution in [0.1, 0.15) is 15.2 Å². The molecule has 5 nitrogen and oxygen atoms in total. The topological polar surface area (TPSA) is 59.8 Å². The molecule has 0 aliphatic carbocycles. The van der Waals surface area contributed by atoms with E-state index in [2.05, 4.69) is 15.4 Å². The van der Waals surface area contributed by atoms with Crippen LogP contribution in [0.15, 0.2) is 61.2 Å². The predicted octanol–water partition coefficient (Wildman–Crippen LogP) is 4.45. The van der Waals surface area contributed by atoms with Crippen LogP contribution in [0, 0.1) is 0 Å². The fourth-order valence-corrected chi connectivity index (χ4v) is 3.78. The van der Waals surface area contributed by atoms with Crippen molar-refractivity contribution >= 4 is 44.6 Å². The minimum Gasteiger partial charge on any atom is -0.321 e. The summed E-state index contributed by atoms with van der Waals surface area (Å²) in [6, 6.07) is 15.2. The highest BCUT2D eigenvalue weighted by Gasteiger charge is 2.12. The van der Waals surface area contributed by atoms with Gasteiger partial charge in [-0.3, -0.25) is 4.79 Å². The summed E-state index contributed by atoms with van der Waals surface area (Å²) >= 11 is 7.57. The summed E-state index contributed by atoms with van der Waals surface area (Å²) in [5.74, 6) is -0.138. The molecule has 2 aromatic carbocycles. The normalized spacial score (nSPS) is 10.9. The molecule has 2 aromatic heterocycles. The lowest BCUT2D eigenvalue weighted by atomic mass is 10.2. The fraction of sp³-hybridized carbons (Fsp3) is 0.0556. The van der Waals surface area contributed by atoms with Crippen LogP contribution >= 0.6 is 22.9 Å². The summed E-state index contributed by atoms with van der Waals surface area (Å²) in [5, 5.41) is 8.64. The Labute approximate surface area is 152 Å². The van der Waals surface area contributed by atoms with Crippen molar-refractivity contribution in [2.24, 2.45) is 0 Å². The number of fused-ring (bicyclic) bond motifs is 1. The summed E-state index contributed by atoms with van der Waals surface area (Å²) in [5.41, 5.74) is 1.83. The molecule has 0 aliphatic rings. The van der Waals surface area contributed by atoms with E-state index < -0.39 is 0 Å². The first kappa shape index (κ1) is 15.8. The highest BCUT2D eigenvalue weighted by atomic mass is 35.5. The molecule has 0 radical (unpaired) electrons. The molecule has 0 fully saturated rings. The molecule has 0 aliphatic heterocycles. The number of hydrogen-bond acceptors (Lipinski definition) is 4. The molecule has 0 bridgehead atoms. The molecular formula is C18H13ClN4OS. The molecule has 0 saturated heterocycles. The standard InChI is InChI=1S/C18H13ClN4OS/c19-15-3-1-2-13-8-16(25-17(13)15)18(24)22-14-6-4-12(5-7-14)9-23-11-20-10-21-23/h1-8,10-11H,9H2,(H,22,24). The summed E-state index contributed by atoms with van der Waals surface area (Å²) in [7, 11) is 0. The smallest absolute Gasteiger partial charge is 0.265 e. The van der Waals surface area contributed by atoms with Gasteiger partial charge in [-0.05, 0) is 35.2 Å². The lowest BCUT2D eigenvalue weighted by Gasteiger charge is -2.05. The number of anilines is 1. The monoisotopic (exact) mass is 368 g/mol. The Morgan fingerprint density at radius 2 is 2.04 bits per heavy atom. The van der Waals surface area contributed by atoms with E-state index in [1.807, 2.05) is 48.5 Å². The molecule has 25 heavy (non-hydrogen) atoms. The molecule has 0 unspecified atom stereocenters. The van der Waals surface area contributed by atoms with Gasteiger partial charge >= 0.3 is 0 Å². The number of carbonyl (C=O) groups excluding carboxylic acids is 1. The molecule has 0 spiro atoms. The molecular weight excluding hydrogens is 356 g/mol. The molecule has 1 N–H and O–H groups in total. The molecule has 4 rings (SSSR count). The van der Waals surface area contributed by atoms with Gasteiger partial charge in [-0.2, -0.15) is 5.10 Å². The van der Waals surface area contributed by atoms with E-state index in [9.17, 15) is 4.79 Å². The number of nitrogens with zero attached hydrogens (tertiary/aromatic N) is 3. The van der Waals surface area contributed by atoms with Gasteiger partial charge in [-0.25, -0.2) is 9.67 Å². The Hall–Kier alpha value is -2.70. The first-order valence-electron chi connectivity index (χ1n) is 7.60. The first-order chi connectivity index (χ1) is 12.2. The van der Waals surface area contributed by atoms with E-state index in [4.69, 9.17) is 11.6 Å². The maximum absolute atomic E-state index is 12.5. The van der Waals surface area contributed by atoms with Gasteiger partial charge in [0.2, 0.25) is 0 Å². The van der Waals surface area contributed by atoms with Crippen molar-refractivity contribution in [2.45, 2.75) is 6.54 Å². The van der Waals surface area contributed by atoms with Gasteiger partial charge < -0.3 is 5.32 Å². The maximum Gasteiger partial charge on any atom is 0.265 e. The van der Waals surface area contributed by atoms with Gasteiger partial charge in [0.1, 0.15) is 12.7 Å². The van der Waals surface area contributed by atoms with Crippen molar-refractivity contribution < 1.29 is 4.79 Å². The second kappa shape index (κ2) is 6.66. The van der Waals surface area contributed by atoms with Gasteiger partial charge in [-0.15, -0.1) is 11.3 Å². The van der Waals surface area contributed by atoms with Gasteiger partial charge in [-0.1, -0.05) is 35.9 Å². The average molecular weight is 369 g/mol. The number of thiophene rings is 1. The zero-order valence-corrected chi connectivity index (χ0v) is 14.6. The number of rotatable bonds is 4. The minimum absolute atomic E-state index is 0.138. The fourth-order valence-electron chi connectivity index (χ4n) is 2.53. The number of carbonyl (C=O) groups is 1. The van der Waals surface area contributed by atoms with E-state index in [-0.39, 0.29) is 5.91 Å². The van der Waals surface area contributed by atoms with Crippen molar-refractivity contribution in [2.75, 3.05) is 5.32 Å². The Morgan fingerprint density at radius 3 is 2.76 bits per heavy atom. The predicted molar refractivity (Wildman–Crippen MR) is 100 cm³/mol. The van der Waals surface area contributed by atoms with Crippen LogP contribution in [0.3, 0.4) is 0 Å². The van der Waals surface area contributed by atoms with E-state index in [0.717, 1.165) is 21.3 Å². The van der Waals surface area contributed by atoms with Crippen molar-refractivity contribution in [3.63, 3.8) is 0 Å². The van der Waals surface area contributed by atoms with Crippen LogP contribution in [0.25, 0.3) is 10.1 Å². The van der Waals surface area contributed by atoms with Crippen molar-refractivity contribution in [3.8, 4) is 0 Å². The molecule has 0 saturated carbocycles. The highest BCUT2D eigenvalue weighted by Crippen LogP contribution is 2.32. The van der Waals surface area contributed by atoms with Crippen LogP contribution in [0.5, 0.6) is 0 Å². The third-order valence-electron chi connectivity index (χ3n) is 3.74. The minimum atomic E-state index is -0.138. The average Bonchev–Trinajstić information content (AvgIpc) is 3.27. The lowest BCUT2D eigenvalue weighted by Crippen LogP contribution is -2.10. The Morgan fingerprint density at radius 1 is 1.20 bits per heavy atom. The Kier molecular flexibility index (Phi) is 4.21. The number of amides is 1. The quantitative estimate of drug-likeness (QED) is 0.579. The second-order valence-corrected chi connectivity index (χ2v) is 6.97. The highest BCUT2D eigenvalue weighted by molar-refractivity contribution is 7.21. The van der Waals surface area contributed by atoms with Crippen LogP contribution < -0.4 is 5.32 Å². The number of aromatic nitrogens is 3. The summed E-state index contributed by atoms with van der Waals surface area (Å²) in [4.78, 5) is 17.0. The van der Waals surface area contributed by atoms with Crippen molar-refractivity contribution in [1.82, 2.24) is 14.8 Å². The number of halogens is 1. The van der Waals surface area contributed by atoms with Gasteiger partial charge in [0.25, 0.3) is 5.91 Å². The third kappa shape index (κ3) is 3.40. The Balaban J connectivity index is 1.49. The second-order valence-electron chi connectivity index (χ2n) is 5.51. The SMILES string of the molecule is O=C(Nc1ccc(Cn2cncn2)cc1)c1cc2cccc(Cl)c2s1. The summed E-state index contributed by atoms with van der Waals surface area (Å²) in [6.45, 7) is 0.642. The molecule has 124 valence electrons. The summed E-state index contributed by atoms with van der Waals surface area (Å²) in [6.07, 6.45) is 3.17. The van der Waals surface area contributed by atoms with Crippen LogP contribution in [0.4, 0.5) is 5.69 Å². The molecule has 7 heteroatoms. The van der Waals surface area contributed by atoms with Crippen molar-refractivity contribution in [1.29, 1.82) is 0 Å². The number of benzene rings is 2. The van der Waals surface area contributed by atoms with Crippen LogP contribution in [0.2, 0.25) is 5.02 Å². The zero-order valence-electron chi connectivity index (χ0n) is 13.0. The molecule has 2 heterocycles. The van der Waals surface area contributed by atoms with E-state index in [1.54, 1.807) is 11.0 Å². The van der Waals surface area contributed by atoms with Crippen LogP contribution in [-0.2, 0) is 6.54 Å². The van der Waals surface area contributed by atoms with Crippen molar-refractivity contribution in [3.05, 3.63) is 76.6 Å². The lowest BCUT2D eigenvalue weighted by molar-refractivity contribution is 0.103. The largest absolute Gasteiger partial charge is 0.321 e.